The third kappa shape index (κ3) is 2.61. The molecule has 1 atom stereocenters. The van der Waals surface area contributed by atoms with Crippen molar-refractivity contribution >= 4 is 5.97 Å². The van der Waals surface area contributed by atoms with E-state index in [9.17, 15) is 4.79 Å². The topological polar surface area (TPSA) is 75.1 Å². The van der Waals surface area contributed by atoms with Gasteiger partial charge in [0.1, 0.15) is 0 Å². The minimum absolute atomic E-state index is 0.351. The van der Waals surface area contributed by atoms with Gasteiger partial charge in [-0.1, -0.05) is 12.8 Å². The SMILES string of the molecule is CNC(C(=O)O)c1nccc(C2CCCC2)n1. The number of nitrogens with one attached hydrogen (secondary N) is 1. The fraction of sp³-hybridized carbons (Fsp3) is 0.583. The van der Waals surface area contributed by atoms with E-state index in [0.717, 1.165) is 18.5 Å². The van der Waals surface area contributed by atoms with Crippen LogP contribution in [-0.4, -0.2) is 28.1 Å². The quantitative estimate of drug-likeness (QED) is 0.826. The van der Waals surface area contributed by atoms with E-state index in [4.69, 9.17) is 5.11 Å². The van der Waals surface area contributed by atoms with Crippen molar-refractivity contribution in [2.24, 2.45) is 0 Å². The van der Waals surface area contributed by atoms with Crippen LogP contribution in [0.3, 0.4) is 0 Å². The number of aromatic nitrogens is 2. The van der Waals surface area contributed by atoms with Crippen LogP contribution in [0.25, 0.3) is 0 Å². The highest BCUT2D eigenvalue weighted by Crippen LogP contribution is 2.32. The van der Waals surface area contributed by atoms with Crippen LogP contribution in [-0.2, 0) is 4.79 Å². The minimum Gasteiger partial charge on any atom is -0.480 e. The molecule has 0 saturated heterocycles. The molecule has 1 aliphatic rings. The van der Waals surface area contributed by atoms with Crippen molar-refractivity contribution in [1.82, 2.24) is 15.3 Å². The highest BCUT2D eigenvalue weighted by Gasteiger charge is 2.23. The Bertz CT molecular complexity index is 402. The van der Waals surface area contributed by atoms with Crippen molar-refractivity contribution in [1.29, 1.82) is 0 Å². The predicted octanol–water partition coefficient (Wildman–Crippen LogP) is 1.48. The Morgan fingerprint density at radius 2 is 2.24 bits per heavy atom. The molecule has 1 saturated carbocycles. The van der Waals surface area contributed by atoms with E-state index in [0.29, 0.717) is 11.7 Å². The van der Waals surface area contributed by atoms with Crippen LogP contribution in [0.15, 0.2) is 12.3 Å². The van der Waals surface area contributed by atoms with E-state index in [1.165, 1.54) is 12.8 Å². The first-order valence-electron chi connectivity index (χ1n) is 5.95. The highest BCUT2D eigenvalue weighted by atomic mass is 16.4. The fourth-order valence-electron chi connectivity index (χ4n) is 2.34. The number of carboxylic acid groups (broad SMARTS) is 1. The molecule has 0 bridgehead atoms. The van der Waals surface area contributed by atoms with Crippen LogP contribution < -0.4 is 5.32 Å². The summed E-state index contributed by atoms with van der Waals surface area (Å²) >= 11 is 0. The van der Waals surface area contributed by atoms with Gasteiger partial charge < -0.3 is 10.4 Å². The molecule has 5 heteroatoms. The molecule has 0 spiro atoms. The molecule has 1 aromatic rings. The molecule has 0 amide bonds. The molecule has 1 aromatic heterocycles. The van der Waals surface area contributed by atoms with Crippen molar-refractivity contribution in [2.75, 3.05) is 7.05 Å². The average molecular weight is 235 g/mol. The zero-order valence-corrected chi connectivity index (χ0v) is 9.89. The summed E-state index contributed by atoms with van der Waals surface area (Å²) < 4.78 is 0. The van der Waals surface area contributed by atoms with E-state index in [1.54, 1.807) is 13.2 Å². The molecule has 5 nitrogen and oxygen atoms in total. The summed E-state index contributed by atoms with van der Waals surface area (Å²) in [6.07, 6.45) is 6.42. The van der Waals surface area contributed by atoms with E-state index >= 15 is 0 Å². The van der Waals surface area contributed by atoms with Crippen molar-refractivity contribution in [3.8, 4) is 0 Å². The summed E-state index contributed by atoms with van der Waals surface area (Å²) in [4.78, 5) is 19.5. The second kappa shape index (κ2) is 5.23. The van der Waals surface area contributed by atoms with E-state index in [2.05, 4.69) is 15.3 Å². The second-order valence-corrected chi connectivity index (χ2v) is 4.38. The lowest BCUT2D eigenvalue weighted by Gasteiger charge is -2.13. The van der Waals surface area contributed by atoms with Gasteiger partial charge in [-0.25, -0.2) is 9.97 Å². The molecule has 1 unspecified atom stereocenters. The smallest absolute Gasteiger partial charge is 0.328 e. The Kier molecular flexibility index (Phi) is 3.68. The zero-order valence-electron chi connectivity index (χ0n) is 9.89. The average Bonchev–Trinajstić information content (AvgIpc) is 2.83. The molecule has 0 radical (unpaired) electrons. The molecular weight excluding hydrogens is 218 g/mol. The first kappa shape index (κ1) is 12.0. The molecule has 2 rings (SSSR count). The largest absolute Gasteiger partial charge is 0.480 e. The van der Waals surface area contributed by atoms with E-state index in [1.807, 2.05) is 6.07 Å². The number of hydrogen-bond donors (Lipinski definition) is 2. The maximum absolute atomic E-state index is 11.0. The van der Waals surface area contributed by atoms with Crippen molar-refractivity contribution in [3.63, 3.8) is 0 Å². The standard InChI is InChI=1S/C12H17N3O2/c1-13-10(12(16)17)11-14-7-6-9(15-11)8-4-2-3-5-8/h6-8,10,13H,2-5H2,1H3,(H,16,17). The first-order valence-corrected chi connectivity index (χ1v) is 5.95. The van der Waals surface area contributed by atoms with Gasteiger partial charge in [-0.15, -0.1) is 0 Å². The number of carbonyl (C=O) groups is 1. The predicted molar refractivity (Wildman–Crippen MR) is 62.7 cm³/mol. The molecule has 2 N–H and O–H groups in total. The Balaban J connectivity index is 2.23. The number of rotatable bonds is 4. The van der Waals surface area contributed by atoms with E-state index in [-0.39, 0.29) is 0 Å². The highest BCUT2D eigenvalue weighted by molar-refractivity contribution is 5.74. The molecular formula is C12H17N3O2. The molecule has 0 aliphatic heterocycles. The number of nitrogens with zero attached hydrogens (tertiary/aromatic N) is 2. The zero-order chi connectivity index (χ0) is 12.3. The summed E-state index contributed by atoms with van der Waals surface area (Å²) in [6, 6.07) is 1.07. The normalized spacial score (nSPS) is 18.2. The molecule has 1 aliphatic carbocycles. The lowest BCUT2D eigenvalue weighted by atomic mass is 10.0. The van der Waals surface area contributed by atoms with Gasteiger partial charge in [-0.3, -0.25) is 4.79 Å². The van der Waals surface area contributed by atoms with Gasteiger partial charge in [0.05, 0.1) is 0 Å². The Morgan fingerprint density at radius 3 is 2.82 bits per heavy atom. The Morgan fingerprint density at radius 1 is 1.53 bits per heavy atom. The van der Waals surface area contributed by atoms with Crippen LogP contribution in [0, 0.1) is 0 Å². The third-order valence-electron chi connectivity index (χ3n) is 3.26. The van der Waals surface area contributed by atoms with Crippen LogP contribution in [0.4, 0.5) is 0 Å². The molecule has 92 valence electrons. The van der Waals surface area contributed by atoms with Crippen molar-refractivity contribution < 1.29 is 9.90 Å². The monoisotopic (exact) mass is 235 g/mol. The Hall–Kier alpha value is -1.49. The van der Waals surface area contributed by atoms with Crippen LogP contribution >= 0.6 is 0 Å². The van der Waals surface area contributed by atoms with Crippen LogP contribution in [0.2, 0.25) is 0 Å². The lowest BCUT2D eigenvalue weighted by molar-refractivity contribution is -0.139. The molecule has 1 heterocycles. The maximum Gasteiger partial charge on any atom is 0.328 e. The fourth-order valence-corrected chi connectivity index (χ4v) is 2.34. The van der Waals surface area contributed by atoms with Gasteiger partial charge in [0.2, 0.25) is 0 Å². The molecule has 0 aromatic carbocycles. The summed E-state index contributed by atoms with van der Waals surface area (Å²) in [5, 5.41) is 11.8. The third-order valence-corrected chi connectivity index (χ3v) is 3.26. The van der Waals surface area contributed by atoms with Gasteiger partial charge in [0.15, 0.2) is 11.9 Å². The van der Waals surface area contributed by atoms with E-state index < -0.39 is 12.0 Å². The van der Waals surface area contributed by atoms with Crippen molar-refractivity contribution in [3.05, 3.63) is 23.8 Å². The maximum atomic E-state index is 11.0. The number of hydrogen-bond acceptors (Lipinski definition) is 4. The minimum atomic E-state index is -0.948. The van der Waals surface area contributed by atoms with Crippen LogP contribution in [0.5, 0.6) is 0 Å². The van der Waals surface area contributed by atoms with Gasteiger partial charge in [0, 0.05) is 17.8 Å². The van der Waals surface area contributed by atoms with Crippen molar-refractivity contribution in [2.45, 2.75) is 37.6 Å². The summed E-state index contributed by atoms with van der Waals surface area (Å²) in [6.45, 7) is 0. The summed E-state index contributed by atoms with van der Waals surface area (Å²) in [5.74, 6) is -0.122. The number of aliphatic carboxylic acids is 1. The van der Waals surface area contributed by atoms with Crippen LogP contribution in [0.1, 0.15) is 49.2 Å². The van der Waals surface area contributed by atoms with Gasteiger partial charge in [0.25, 0.3) is 0 Å². The second-order valence-electron chi connectivity index (χ2n) is 4.38. The summed E-state index contributed by atoms with van der Waals surface area (Å²) in [7, 11) is 1.60. The van der Waals surface area contributed by atoms with Gasteiger partial charge in [-0.2, -0.15) is 0 Å². The van der Waals surface area contributed by atoms with Gasteiger partial charge in [-0.05, 0) is 26.0 Å². The lowest BCUT2D eigenvalue weighted by Crippen LogP contribution is -2.27. The Labute approximate surface area is 100 Å². The summed E-state index contributed by atoms with van der Waals surface area (Å²) in [5.41, 5.74) is 0.981. The molecule has 1 fully saturated rings. The molecule has 17 heavy (non-hydrogen) atoms. The number of likely N-dealkylation sites (N-methyl/N-ethyl adjacent to an activating group) is 1. The van der Waals surface area contributed by atoms with Gasteiger partial charge >= 0.3 is 5.97 Å². The first-order chi connectivity index (χ1) is 8.22. The number of carboxylic acids is 1.